The zero-order valence-corrected chi connectivity index (χ0v) is 18.9. The number of methoxy groups -OCH3 is 1. The van der Waals surface area contributed by atoms with E-state index in [1.54, 1.807) is 16.7 Å². The minimum atomic E-state index is -0.223. The highest BCUT2D eigenvalue weighted by Crippen LogP contribution is 2.21. The minimum Gasteiger partial charge on any atom is -0.383 e. The first kappa shape index (κ1) is 21.6. The second-order valence-corrected chi connectivity index (χ2v) is 8.55. The molecule has 0 amide bonds. The average Bonchev–Trinajstić information content (AvgIpc) is 3.22. The van der Waals surface area contributed by atoms with Gasteiger partial charge in [0.25, 0.3) is 5.56 Å². The Morgan fingerprint density at radius 2 is 1.97 bits per heavy atom. The number of hydrogen-bond donors (Lipinski definition) is 3. The van der Waals surface area contributed by atoms with Gasteiger partial charge in [-0.25, -0.2) is 4.68 Å². The molecule has 1 fully saturated rings. The van der Waals surface area contributed by atoms with E-state index in [0.29, 0.717) is 13.2 Å². The van der Waals surface area contributed by atoms with Gasteiger partial charge in [0, 0.05) is 7.11 Å². The largest absolute Gasteiger partial charge is 0.383 e. The Kier molecular flexibility index (Phi) is 6.45. The molecule has 3 N–H and O–H groups in total. The molecular weight excluding hydrogens is 394 g/mol. The zero-order valence-electron chi connectivity index (χ0n) is 18.9. The molecule has 3 heterocycles. The molecular formula is C22H33N7O2+2. The Labute approximate surface area is 182 Å². The van der Waals surface area contributed by atoms with Gasteiger partial charge in [-0.15, -0.1) is 5.10 Å². The maximum atomic E-state index is 13.3. The third kappa shape index (κ3) is 4.39. The second kappa shape index (κ2) is 9.25. The highest BCUT2D eigenvalue weighted by Gasteiger charge is 2.37. The molecule has 0 saturated carbocycles. The Balaban J connectivity index is 1.82. The van der Waals surface area contributed by atoms with Gasteiger partial charge in [-0.3, -0.25) is 4.79 Å². The van der Waals surface area contributed by atoms with Crippen LogP contribution in [0.5, 0.6) is 0 Å². The number of hydrogen-bond acceptors (Lipinski definition) is 5. The summed E-state index contributed by atoms with van der Waals surface area (Å²) in [5.41, 5.74) is 3.81. The summed E-state index contributed by atoms with van der Waals surface area (Å²) in [6.07, 6.45) is 0. The molecule has 31 heavy (non-hydrogen) atoms. The summed E-state index contributed by atoms with van der Waals surface area (Å²) in [4.78, 5) is 19.4. The normalized spacial score (nSPS) is 20.3. The van der Waals surface area contributed by atoms with Gasteiger partial charge in [-0.05, 0) is 54.3 Å². The van der Waals surface area contributed by atoms with Crippen molar-refractivity contribution in [2.24, 2.45) is 0 Å². The van der Waals surface area contributed by atoms with Crippen molar-refractivity contribution in [2.75, 3.05) is 46.4 Å². The van der Waals surface area contributed by atoms with Gasteiger partial charge >= 0.3 is 0 Å². The van der Waals surface area contributed by atoms with E-state index < -0.39 is 0 Å². The molecule has 0 radical (unpaired) electrons. The van der Waals surface area contributed by atoms with Crippen LogP contribution in [0, 0.1) is 13.8 Å². The van der Waals surface area contributed by atoms with Crippen LogP contribution in [0.3, 0.4) is 0 Å². The molecule has 9 heteroatoms. The molecule has 0 aliphatic carbocycles. The number of aryl methyl sites for hydroxylation is 2. The number of fused-ring (bicyclic) bond motifs is 1. The monoisotopic (exact) mass is 427 g/mol. The van der Waals surface area contributed by atoms with E-state index in [1.165, 1.54) is 10.5 Å². The number of aromatic amines is 1. The highest BCUT2D eigenvalue weighted by molar-refractivity contribution is 5.83. The first-order valence-electron chi connectivity index (χ1n) is 11.1. The first-order chi connectivity index (χ1) is 15.0. The molecule has 2 aromatic heterocycles. The fourth-order valence-electron chi connectivity index (χ4n) is 4.78. The van der Waals surface area contributed by atoms with Crippen LogP contribution in [0.15, 0.2) is 23.0 Å². The third-order valence-electron chi connectivity index (χ3n) is 6.47. The predicted octanol–water partition coefficient (Wildman–Crippen LogP) is -1.33. The van der Waals surface area contributed by atoms with Gasteiger partial charge in [0.2, 0.25) is 5.82 Å². The zero-order chi connectivity index (χ0) is 22.0. The van der Waals surface area contributed by atoms with Gasteiger partial charge < -0.3 is 19.5 Å². The van der Waals surface area contributed by atoms with Crippen LogP contribution in [0.25, 0.3) is 10.9 Å². The quantitative estimate of drug-likeness (QED) is 0.434. The van der Waals surface area contributed by atoms with Crippen molar-refractivity contribution in [3.05, 3.63) is 51.1 Å². The maximum absolute atomic E-state index is 13.3. The molecule has 166 valence electrons. The van der Waals surface area contributed by atoms with Crippen LogP contribution >= 0.6 is 0 Å². The van der Waals surface area contributed by atoms with Crippen LogP contribution < -0.4 is 15.4 Å². The Morgan fingerprint density at radius 3 is 2.68 bits per heavy atom. The lowest BCUT2D eigenvalue weighted by atomic mass is 10.00. The smallest absolute Gasteiger partial charge is 0.258 e. The number of quaternary nitrogens is 2. The lowest BCUT2D eigenvalue weighted by Crippen LogP contribution is -3.28. The van der Waals surface area contributed by atoms with E-state index in [9.17, 15) is 4.79 Å². The van der Waals surface area contributed by atoms with Crippen molar-refractivity contribution in [1.82, 2.24) is 25.2 Å². The average molecular weight is 428 g/mol. The van der Waals surface area contributed by atoms with Gasteiger partial charge in [0.15, 0.2) is 6.04 Å². The van der Waals surface area contributed by atoms with Gasteiger partial charge in [0.1, 0.15) is 26.2 Å². The van der Waals surface area contributed by atoms with E-state index >= 15 is 0 Å². The molecule has 0 bridgehead atoms. The minimum absolute atomic E-state index is 0.0662. The maximum Gasteiger partial charge on any atom is 0.258 e. The second-order valence-electron chi connectivity index (χ2n) is 8.55. The van der Waals surface area contributed by atoms with Gasteiger partial charge in [-0.1, -0.05) is 11.6 Å². The fourth-order valence-corrected chi connectivity index (χ4v) is 4.78. The highest BCUT2D eigenvalue weighted by atomic mass is 16.5. The Morgan fingerprint density at radius 1 is 1.19 bits per heavy atom. The lowest BCUT2D eigenvalue weighted by Gasteiger charge is -2.33. The number of pyridine rings is 1. The molecule has 0 spiro atoms. The molecule has 9 nitrogen and oxygen atoms in total. The summed E-state index contributed by atoms with van der Waals surface area (Å²) < 4.78 is 7.03. The molecule has 4 rings (SSSR count). The summed E-state index contributed by atoms with van der Waals surface area (Å²) >= 11 is 0. The van der Waals surface area contributed by atoms with Crippen LogP contribution in [-0.2, 0) is 11.3 Å². The van der Waals surface area contributed by atoms with Crippen molar-refractivity contribution in [1.29, 1.82) is 0 Å². The van der Waals surface area contributed by atoms with Crippen molar-refractivity contribution >= 4 is 10.9 Å². The number of aromatic nitrogens is 5. The van der Waals surface area contributed by atoms with Crippen LogP contribution in [0.1, 0.15) is 35.5 Å². The molecule has 0 unspecified atom stereocenters. The Hall–Kier alpha value is -2.62. The van der Waals surface area contributed by atoms with Crippen molar-refractivity contribution in [3.63, 3.8) is 0 Å². The SMILES string of the molecule is CC[NH+]1CC[NH+]([C@@H](c2cc3cc(C)cc(C)c3[nH]c2=O)c2nnnn2CCOC)CC1. The first-order valence-corrected chi connectivity index (χ1v) is 11.1. The number of benzene rings is 1. The van der Waals surface area contributed by atoms with Crippen LogP contribution in [-0.4, -0.2) is 71.6 Å². The molecule has 1 saturated heterocycles. The van der Waals surface area contributed by atoms with Crippen LogP contribution in [0.2, 0.25) is 0 Å². The van der Waals surface area contributed by atoms with E-state index in [1.807, 2.05) is 13.0 Å². The number of tetrazole rings is 1. The number of nitrogens with zero attached hydrogens (tertiary/aromatic N) is 4. The topological polar surface area (TPSA) is 94.6 Å². The number of ether oxygens (including phenoxy) is 1. The fraction of sp³-hybridized carbons (Fsp3) is 0.545. The molecule has 3 aromatic rings. The van der Waals surface area contributed by atoms with Gasteiger partial charge in [0.05, 0.1) is 30.8 Å². The number of likely N-dealkylation sites (N-methyl/N-ethyl adjacent to an activating group) is 1. The van der Waals surface area contributed by atoms with Crippen molar-refractivity contribution in [3.8, 4) is 0 Å². The van der Waals surface area contributed by atoms with E-state index in [0.717, 1.165) is 60.6 Å². The number of H-pyrrole nitrogens is 1. The third-order valence-corrected chi connectivity index (χ3v) is 6.47. The number of nitrogens with one attached hydrogen (secondary N) is 3. The van der Waals surface area contributed by atoms with E-state index in [2.05, 4.69) is 46.5 Å². The van der Waals surface area contributed by atoms with E-state index in [4.69, 9.17) is 4.74 Å². The standard InChI is InChI=1S/C22H31N7O2/c1-5-27-6-8-28(9-7-27)20(21-24-25-26-29(21)10-11-31-4)18-14-17-13-15(2)12-16(3)19(17)23-22(18)30/h12-14,20H,5-11H2,1-4H3,(H,23,30)/p+2/t20-/m0/s1. The molecule has 1 aromatic carbocycles. The molecule has 1 aliphatic heterocycles. The lowest BCUT2D eigenvalue weighted by molar-refractivity contribution is -1.02. The summed E-state index contributed by atoms with van der Waals surface area (Å²) in [5, 5.41) is 13.6. The molecule has 1 aliphatic rings. The number of rotatable bonds is 7. The Bertz CT molecular complexity index is 1100. The summed E-state index contributed by atoms with van der Waals surface area (Å²) in [6.45, 7) is 12.6. The van der Waals surface area contributed by atoms with Gasteiger partial charge in [-0.2, -0.15) is 0 Å². The number of piperazine rings is 1. The summed E-state index contributed by atoms with van der Waals surface area (Å²) in [7, 11) is 1.66. The van der Waals surface area contributed by atoms with Crippen molar-refractivity contribution < 1.29 is 14.5 Å². The van der Waals surface area contributed by atoms with E-state index in [-0.39, 0.29) is 11.6 Å². The summed E-state index contributed by atoms with van der Waals surface area (Å²) in [6, 6.07) is 6.04. The molecule has 1 atom stereocenters. The van der Waals surface area contributed by atoms with Crippen molar-refractivity contribution in [2.45, 2.75) is 33.4 Å². The summed E-state index contributed by atoms with van der Waals surface area (Å²) in [5.74, 6) is 0.723. The predicted molar refractivity (Wildman–Crippen MR) is 118 cm³/mol. The van der Waals surface area contributed by atoms with Crippen LogP contribution in [0.4, 0.5) is 0 Å².